The summed E-state index contributed by atoms with van der Waals surface area (Å²) in [4.78, 5) is 12.2. The van der Waals surface area contributed by atoms with Crippen molar-refractivity contribution in [3.05, 3.63) is 66.4 Å². The fraction of sp³-hybridized carbons (Fsp3) is 0.0625. The van der Waals surface area contributed by atoms with Gasteiger partial charge in [-0.15, -0.1) is 0 Å². The maximum atomic E-state index is 12.2. The molecule has 0 bridgehead atoms. The van der Waals surface area contributed by atoms with Crippen LogP contribution in [0.3, 0.4) is 0 Å². The molecule has 0 fully saturated rings. The lowest BCUT2D eigenvalue weighted by Crippen LogP contribution is -2.12. The second-order valence-corrected chi connectivity index (χ2v) is 7.39. The average Bonchev–Trinajstić information content (AvgIpc) is 2.96. The standard InChI is InChI=1S/C16H12ClNO4S/c17-23(20,21)15-8-4-7-14-13(15)9-10-18(14)16(19)22-11-12-5-2-1-3-6-12/h1-10H,11H2. The number of hydrogen-bond acceptors (Lipinski definition) is 4. The van der Waals surface area contributed by atoms with E-state index in [1.54, 1.807) is 6.07 Å². The number of fused-ring (bicyclic) bond motifs is 1. The average molecular weight is 350 g/mol. The van der Waals surface area contributed by atoms with Crippen LogP contribution in [0.15, 0.2) is 65.7 Å². The SMILES string of the molecule is O=C(OCc1ccccc1)n1ccc2c(S(=O)(=O)Cl)cccc21. The van der Waals surface area contributed by atoms with Crippen molar-refractivity contribution >= 4 is 36.7 Å². The molecule has 0 N–H and O–H groups in total. The Balaban J connectivity index is 1.90. The van der Waals surface area contributed by atoms with Gasteiger partial charge in [-0.25, -0.2) is 13.2 Å². The van der Waals surface area contributed by atoms with E-state index in [1.165, 1.54) is 29.0 Å². The molecule has 7 heteroatoms. The predicted molar refractivity (Wildman–Crippen MR) is 87.0 cm³/mol. The lowest BCUT2D eigenvalue weighted by Gasteiger charge is -2.07. The molecule has 0 atom stereocenters. The zero-order valence-electron chi connectivity index (χ0n) is 11.8. The Morgan fingerprint density at radius 2 is 1.78 bits per heavy atom. The molecule has 2 aromatic carbocycles. The number of aromatic nitrogens is 1. The third-order valence-electron chi connectivity index (χ3n) is 3.36. The smallest absolute Gasteiger partial charge is 0.418 e. The van der Waals surface area contributed by atoms with Gasteiger partial charge in [0.15, 0.2) is 0 Å². The van der Waals surface area contributed by atoms with Crippen molar-refractivity contribution < 1.29 is 17.9 Å². The van der Waals surface area contributed by atoms with E-state index in [9.17, 15) is 13.2 Å². The molecule has 0 spiro atoms. The first-order valence-corrected chi connectivity index (χ1v) is 9.03. The topological polar surface area (TPSA) is 65.4 Å². The van der Waals surface area contributed by atoms with Crippen molar-refractivity contribution in [2.45, 2.75) is 11.5 Å². The normalized spacial score (nSPS) is 11.5. The first-order valence-electron chi connectivity index (χ1n) is 6.72. The van der Waals surface area contributed by atoms with Crippen molar-refractivity contribution in [3.63, 3.8) is 0 Å². The van der Waals surface area contributed by atoms with Gasteiger partial charge >= 0.3 is 6.09 Å². The van der Waals surface area contributed by atoms with E-state index in [4.69, 9.17) is 15.4 Å². The molecule has 1 heterocycles. The van der Waals surface area contributed by atoms with Gasteiger partial charge in [-0.1, -0.05) is 36.4 Å². The zero-order valence-corrected chi connectivity index (χ0v) is 13.4. The number of nitrogens with zero attached hydrogens (tertiary/aromatic N) is 1. The third kappa shape index (κ3) is 3.23. The maximum Gasteiger partial charge on any atom is 0.418 e. The molecule has 0 aliphatic heterocycles. The van der Waals surface area contributed by atoms with Crippen molar-refractivity contribution in [3.8, 4) is 0 Å². The molecule has 0 aliphatic carbocycles. The van der Waals surface area contributed by atoms with Gasteiger partial charge in [0.25, 0.3) is 9.05 Å². The van der Waals surface area contributed by atoms with Crippen LogP contribution in [0.1, 0.15) is 5.56 Å². The van der Waals surface area contributed by atoms with Crippen molar-refractivity contribution in [2.24, 2.45) is 0 Å². The quantitative estimate of drug-likeness (QED) is 0.675. The van der Waals surface area contributed by atoms with E-state index >= 15 is 0 Å². The fourth-order valence-corrected chi connectivity index (χ4v) is 3.38. The molecule has 3 rings (SSSR count). The van der Waals surface area contributed by atoms with Gasteiger partial charge in [0.1, 0.15) is 6.61 Å². The largest absolute Gasteiger partial charge is 0.444 e. The molecule has 5 nitrogen and oxygen atoms in total. The van der Waals surface area contributed by atoms with Crippen LogP contribution in [-0.2, 0) is 20.4 Å². The summed E-state index contributed by atoms with van der Waals surface area (Å²) in [6, 6.07) is 15.3. The minimum Gasteiger partial charge on any atom is -0.444 e. The molecule has 0 radical (unpaired) electrons. The highest BCUT2D eigenvalue weighted by molar-refractivity contribution is 8.14. The lowest BCUT2D eigenvalue weighted by atomic mass is 10.2. The molecule has 118 valence electrons. The lowest BCUT2D eigenvalue weighted by molar-refractivity contribution is 0.142. The summed E-state index contributed by atoms with van der Waals surface area (Å²) in [7, 11) is 1.52. The van der Waals surface area contributed by atoms with E-state index in [2.05, 4.69) is 0 Å². The van der Waals surface area contributed by atoms with Gasteiger partial charge in [0.2, 0.25) is 0 Å². The van der Waals surface area contributed by atoms with Crippen LogP contribution < -0.4 is 0 Å². The number of ether oxygens (including phenoxy) is 1. The highest BCUT2D eigenvalue weighted by Gasteiger charge is 2.18. The first-order chi connectivity index (χ1) is 11.0. The molecule has 0 saturated heterocycles. The molecule has 1 aromatic heterocycles. The number of halogens is 1. The third-order valence-corrected chi connectivity index (χ3v) is 4.74. The van der Waals surface area contributed by atoms with Crippen LogP contribution in [0.5, 0.6) is 0 Å². The Morgan fingerprint density at radius 1 is 1.04 bits per heavy atom. The molecule has 0 amide bonds. The van der Waals surface area contributed by atoms with Crippen LogP contribution in [-0.4, -0.2) is 19.1 Å². The summed E-state index contributed by atoms with van der Waals surface area (Å²) in [5, 5.41) is 0.374. The zero-order chi connectivity index (χ0) is 16.4. The molecule has 0 saturated carbocycles. The van der Waals surface area contributed by atoms with Crippen molar-refractivity contribution in [1.82, 2.24) is 4.57 Å². The Labute approximate surface area is 137 Å². The predicted octanol–water partition coefficient (Wildman–Crippen LogP) is 3.75. The summed E-state index contributed by atoms with van der Waals surface area (Å²) >= 11 is 0. The highest BCUT2D eigenvalue weighted by Crippen LogP contribution is 2.26. The maximum absolute atomic E-state index is 12.2. The Morgan fingerprint density at radius 3 is 2.48 bits per heavy atom. The summed E-state index contributed by atoms with van der Waals surface area (Å²) in [5.41, 5.74) is 1.28. The number of carbonyl (C=O) groups excluding carboxylic acids is 1. The fourth-order valence-electron chi connectivity index (χ4n) is 2.30. The van der Waals surface area contributed by atoms with E-state index in [0.717, 1.165) is 5.56 Å². The minimum absolute atomic E-state index is 0.0359. The van der Waals surface area contributed by atoms with Crippen LogP contribution in [0, 0.1) is 0 Å². The van der Waals surface area contributed by atoms with Gasteiger partial charge in [-0.2, -0.15) is 0 Å². The first kappa shape index (κ1) is 15.6. The van der Waals surface area contributed by atoms with Crippen LogP contribution >= 0.6 is 10.7 Å². The molecular formula is C16H12ClNO4S. The Hall–Kier alpha value is -2.31. The van der Waals surface area contributed by atoms with E-state index in [0.29, 0.717) is 10.9 Å². The van der Waals surface area contributed by atoms with E-state index in [-0.39, 0.29) is 11.5 Å². The molecular weight excluding hydrogens is 338 g/mol. The summed E-state index contributed by atoms with van der Waals surface area (Å²) < 4.78 is 29.7. The van der Waals surface area contributed by atoms with Crippen LogP contribution in [0.25, 0.3) is 10.9 Å². The highest BCUT2D eigenvalue weighted by atomic mass is 35.7. The number of hydrogen-bond donors (Lipinski definition) is 0. The minimum atomic E-state index is -3.89. The second-order valence-electron chi connectivity index (χ2n) is 4.85. The molecule has 0 unspecified atom stereocenters. The van der Waals surface area contributed by atoms with E-state index < -0.39 is 15.1 Å². The molecule has 23 heavy (non-hydrogen) atoms. The Bertz CT molecular complexity index is 964. The Kier molecular flexibility index (Phi) is 4.11. The van der Waals surface area contributed by atoms with Gasteiger partial charge < -0.3 is 4.74 Å². The second kappa shape index (κ2) is 6.06. The van der Waals surface area contributed by atoms with Crippen molar-refractivity contribution in [1.29, 1.82) is 0 Å². The molecule has 3 aromatic rings. The van der Waals surface area contributed by atoms with Crippen LogP contribution in [0.2, 0.25) is 0 Å². The van der Waals surface area contributed by atoms with E-state index in [1.807, 2.05) is 30.3 Å². The number of carbonyl (C=O) groups is 1. The monoisotopic (exact) mass is 349 g/mol. The van der Waals surface area contributed by atoms with Crippen molar-refractivity contribution in [2.75, 3.05) is 0 Å². The summed E-state index contributed by atoms with van der Waals surface area (Å²) in [6.07, 6.45) is 0.872. The summed E-state index contributed by atoms with van der Waals surface area (Å²) in [6.45, 7) is 0.132. The number of rotatable bonds is 3. The number of benzene rings is 2. The summed E-state index contributed by atoms with van der Waals surface area (Å²) in [5.74, 6) is 0. The molecule has 0 aliphatic rings. The van der Waals surface area contributed by atoms with Gasteiger partial charge in [0, 0.05) is 22.3 Å². The van der Waals surface area contributed by atoms with Gasteiger partial charge in [-0.3, -0.25) is 4.57 Å². The van der Waals surface area contributed by atoms with Gasteiger partial charge in [-0.05, 0) is 23.8 Å². The van der Waals surface area contributed by atoms with Gasteiger partial charge in [0.05, 0.1) is 10.4 Å². The van der Waals surface area contributed by atoms with Crippen LogP contribution in [0.4, 0.5) is 4.79 Å².